The Balaban J connectivity index is 0.939. The molecule has 2 heterocycles. The fourth-order valence-corrected chi connectivity index (χ4v) is 6.53. The van der Waals surface area contributed by atoms with Crippen LogP contribution >= 0.6 is 11.6 Å². The molecule has 6 rings (SSSR count). The van der Waals surface area contributed by atoms with E-state index >= 15 is 0 Å². The summed E-state index contributed by atoms with van der Waals surface area (Å²) in [5.74, 6) is -0.467. The van der Waals surface area contributed by atoms with E-state index < -0.39 is 6.09 Å². The Morgan fingerprint density at radius 3 is 2.51 bits per heavy atom. The highest BCUT2D eigenvalue weighted by molar-refractivity contribution is 6.33. The van der Waals surface area contributed by atoms with Gasteiger partial charge >= 0.3 is 6.09 Å². The maximum atomic E-state index is 13.0. The van der Waals surface area contributed by atoms with Crippen molar-refractivity contribution in [1.82, 2.24) is 10.2 Å². The highest BCUT2D eigenvalue weighted by Crippen LogP contribution is 2.36. The van der Waals surface area contributed by atoms with Crippen LogP contribution in [0.2, 0.25) is 5.02 Å². The molecule has 5 N–H and O–H groups in total. The summed E-state index contributed by atoms with van der Waals surface area (Å²) in [5.41, 5.74) is 4.01. The van der Waals surface area contributed by atoms with Crippen LogP contribution in [0.4, 0.5) is 21.9 Å². The first-order valence-corrected chi connectivity index (χ1v) is 17.6. The molecule has 0 spiro atoms. The summed E-state index contributed by atoms with van der Waals surface area (Å²) < 4.78 is 16.7. The molecule has 4 aromatic carbocycles. The minimum absolute atomic E-state index is 0.105. The molecule has 276 valence electrons. The number of piperidine rings is 1. The SMILES string of the molecule is COc1cc(NC(=O)CCN2CCC(OC(=O)Nc3ccccc3-c3ccccc3)CC2)c(Cl)cc1CNCC(=O)c1cc(O)cc2c1OCC(=O)N2. The monoisotopic (exact) mass is 741 g/mol. The lowest BCUT2D eigenvalue weighted by Crippen LogP contribution is -2.39. The molecule has 4 aromatic rings. The molecule has 13 nitrogen and oxygen atoms in total. The second-order valence-corrected chi connectivity index (χ2v) is 13.1. The van der Waals surface area contributed by atoms with E-state index in [2.05, 4.69) is 26.2 Å². The first kappa shape index (κ1) is 37.1. The van der Waals surface area contributed by atoms with Gasteiger partial charge in [-0.05, 0) is 36.6 Å². The first-order valence-electron chi connectivity index (χ1n) is 17.2. The number of ketones is 1. The maximum absolute atomic E-state index is 13.0. The Bertz CT molecular complexity index is 1980. The Morgan fingerprint density at radius 2 is 1.74 bits per heavy atom. The number of rotatable bonds is 13. The van der Waals surface area contributed by atoms with Crippen LogP contribution in [0.25, 0.3) is 11.1 Å². The molecule has 0 radical (unpaired) electrons. The number of amides is 3. The van der Waals surface area contributed by atoms with Crippen molar-refractivity contribution in [3.8, 4) is 28.4 Å². The first-order chi connectivity index (χ1) is 25.7. The second kappa shape index (κ2) is 17.3. The number of methoxy groups -OCH3 is 1. The number of phenols is 1. The van der Waals surface area contributed by atoms with Gasteiger partial charge in [0.25, 0.3) is 5.91 Å². The van der Waals surface area contributed by atoms with E-state index in [1.165, 1.54) is 19.2 Å². The quantitative estimate of drug-likeness (QED) is 0.102. The minimum Gasteiger partial charge on any atom is -0.508 e. The maximum Gasteiger partial charge on any atom is 0.411 e. The number of carbonyl (C=O) groups excluding carboxylic acids is 4. The van der Waals surface area contributed by atoms with Gasteiger partial charge in [-0.15, -0.1) is 0 Å². The lowest BCUT2D eigenvalue weighted by atomic mass is 10.0. The fourth-order valence-electron chi connectivity index (χ4n) is 6.29. The highest BCUT2D eigenvalue weighted by Gasteiger charge is 2.25. The van der Waals surface area contributed by atoms with Gasteiger partial charge in [0.15, 0.2) is 18.1 Å². The number of nitrogens with one attached hydrogen (secondary N) is 4. The zero-order valence-electron chi connectivity index (χ0n) is 29.1. The number of fused-ring (bicyclic) bond motifs is 1. The summed E-state index contributed by atoms with van der Waals surface area (Å²) in [6.45, 7) is 1.77. The van der Waals surface area contributed by atoms with Gasteiger partial charge in [0.05, 0.1) is 41.3 Å². The lowest BCUT2D eigenvalue weighted by molar-refractivity contribution is -0.118. The van der Waals surface area contributed by atoms with Gasteiger partial charge in [0.1, 0.15) is 17.6 Å². The Labute approximate surface area is 311 Å². The van der Waals surface area contributed by atoms with E-state index in [-0.39, 0.29) is 72.6 Å². The molecule has 2 aliphatic rings. The molecular weight excluding hydrogens is 702 g/mol. The topological polar surface area (TPSA) is 168 Å². The lowest BCUT2D eigenvalue weighted by Gasteiger charge is -2.31. The molecule has 0 atom stereocenters. The van der Waals surface area contributed by atoms with Gasteiger partial charge < -0.3 is 40.2 Å². The van der Waals surface area contributed by atoms with E-state index in [4.69, 9.17) is 25.8 Å². The largest absolute Gasteiger partial charge is 0.508 e. The van der Waals surface area contributed by atoms with Gasteiger partial charge in [-0.1, -0.05) is 60.1 Å². The number of phenolic OH excluding ortho intramolecular Hbond substituents is 1. The zero-order valence-corrected chi connectivity index (χ0v) is 29.8. The van der Waals surface area contributed by atoms with Crippen LogP contribution in [-0.2, 0) is 20.9 Å². The van der Waals surface area contributed by atoms with Gasteiger partial charge in [-0.2, -0.15) is 0 Å². The summed E-state index contributed by atoms with van der Waals surface area (Å²) in [5, 5.41) is 21.7. The predicted molar refractivity (Wildman–Crippen MR) is 201 cm³/mol. The van der Waals surface area contributed by atoms with Gasteiger partial charge in [0.2, 0.25) is 5.91 Å². The molecular formula is C39H40ClN5O8. The molecule has 0 aliphatic carbocycles. The molecule has 1 saturated heterocycles. The van der Waals surface area contributed by atoms with Crippen molar-refractivity contribution in [2.24, 2.45) is 0 Å². The standard InChI is InChI=1S/C39H40ClN5O8/c1-51-35-20-32(30(40)17-25(35)21-41-22-34(47)29-18-26(46)19-33-38(29)52-23-37(49)43-33)42-36(48)13-16-45-14-11-27(12-15-45)53-39(50)44-31-10-6-5-9-28(31)24-7-3-2-4-8-24/h2-10,17-20,27,41,46H,11-16,21-23H2,1H3,(H,42,48)(H,43,49)(H,44,50). The second-order valence-electron chi connectivity index (χ2n) is 12.7. The molecule has 1 fully saturated rings. The average Bonchev–Trinajstić information content (AvgIpc) is 3.15. The summed E-state index contributed by atoms with van der Waals surface area (Å²) in [6.07, 6.45) is 0.825. The number of likely N-dealkylation sites (tertiary alicyclic amines) is 1. The van der Waals surface area contributed by atoms with E-state index in [0.29, 0.717) is 60.2 Å². The number of anilines is 3. The van der Waals surface area contributed by atoms with Gasteiger partial charge in [0, 0.05) is 55.9 Å². The van der Waals surface area contributed by atoms with E-state index in [9.17, 15) is 24.3 Å². The molecule has 0 saturated carbocycles. The summed E-state index contributed by atoms with van der Waals surface area (Å²) in [7, 11) is 1.49. The minimum atomic E-state index is -0.493. The molecule has 53 heavy (non-hydrogen) atoms. The number of aromatic hydroxyl groups is 1. The molecule has 3 amide bonds. The summed E-state index contributed by atoms with van der Waals surface area (Å²) in [6, 6.07) is 23.3. The van der Waals surface area contributed by atoms with E-state index in [1.54, 1.807) is 12.1 Å². The highest BCUT2D eigenvalue weighted by atomic mass is 35.5. The van der Waals surface area contributed by atoms with Crippen molar-refractivity contribution in [3.05, 3.63) is 95.0 Å². The number of Topliss-reactive ketones (excluding diaryl/α,β-unsaturated/α-hetero) is 1. The third kappa shape index (κ3) is 9.63. The molecule has 0 bridgehead atoms. The third-order valence-corrected chi connectivity index (χ3v) is 9.27. The van der Waals surface area contributed by atoms with Crippen LogP contribution in [0, 0.1) is 0 Å². The van der Waals surface area contributed by atoms with Crippen molar-refractivity contribution in [1.29, 1.82) is 0 Å². The van der Waals surface area contributed by atoms with Crippen LogP contribution < -0.4 is 30.7 Å². The Morgan fingerprint density at radius 1 is 0.981 bits per heavy atom. The number of hydrogen-bond acceptors (Lipinski definition) is 10. The number of ether oxygens (including phenoxy) is 3. The van der Waals surface area contributed by atoms with Gasteiger partial charge in [-0.25, -0.2) is 4.79 Å². The van der Waals surface area contributed by atoms with Crippen molar-refractivity contribution < 1.29 is 38.5 Å². The number of halogens is 1. The van der Waals surface area contributed by atoms with Crippen LogP contribution in [0.5, 0.6) is 17.2 Å². The molecule has 0 aromatic heterocycles. The van der Waals surface area contributed by atoms with Gasteiger partial charge in [-0.3, -0.25) is 19.7 Å². The van der Waals surface area contributed by atoms with Crippen LogP contribution in [0.1, 0.15) is 35.2 Å². The van der Waals surface area contributed by atoms with Crippen molar-refractivity contribution in [2.45, 2.75) is 31.9 Å². The van der Waals surface area contributed by atoms with E-state index in [0.717, 1.165) is 11.1 Å². The average molecular weight is 742 g/mol. The molecule has 2 aliphatic heterocycles. The van der Waals surface area contributed by atoms with Crippen molar-refractivity contribution in [2.75, 3.05) is 55.8 Å². The normalized spacial score (nSPS) is 14.3. The summed E-state index contributed by atoms with van der Waals surface area (Å²) >= 11 is 6.54. The smallest absolute Gasteiger partial charge is 0.411 e. The van der Waals surface area contributed by atoms with Crippen molar-refractivity contribution >= 4 is 52.4 Å². The number of nitrogens with zero attached hydrogens (tertiary/aromatic N) is 1. The Kier molecular flexibility index (Phi) is 12.1. The number of para-hydroxylation sites is 1. The third-order valence-electron chi connectivity index (χ3n) is 8.95. The number of carbonyl (C=O) groups is 4. The van der Waals surface area contributed by atoms with Crippen molar-refractivity contribution in [3.63, 3.8) is 0 Å². The van der Waals surface area contributed by atoms with E-state index in [1.807, 2.05) is 54.6 Å². The molecule has 0 unspecified atom stereocenters. The predicted octanol–water partition coefficient (Wildman–Crippen LogP) is 6.07. The number of hydrogen-bond donors (Lipinski definition) is 5. The fraction of sp³-hybridized carbons (Fsp3) is 0.282. The zero-order chi connectivity index (χ0) is 37.3. The summed E-state index contributed by atoms with van der Waals surface area (Å²) in [4.78, 5) is 52.5. The van der Waals surface area contributed by atoms with Crippen LogP contribution in [0.3, 0.4) is 0 Å². The number of benzene rings is 4. The van der Waals surface area contributed by atoms with Crippen LogP contribution in [0.15, 0.2) is 78.9 Å². The van der Waals surface area contributed by atoms with Crippen LogP contribution in [-0.4, -0.2) is 79.7 Å². The molecule has 14 heteroatoms. The Hall–Kier alpha value is -5.63.